The third-order valence-electron chi connectivity index (χ3n) is 3.48. The van der Waals surface area contributed by atoms with Gasteiger partial charge in [-0.2, -0.15) is 4.98 Å². The van der Waals surface area contributed by atoms with Gasteiger partial charge in [0.1, 0.15) is 17.6 Å². The summed E-state index contributed by atoms with van der Waals surface area (Å²) >= 11 is 0. The first-order valence-electron chi connectivity index (χ1n) is 6.40. The van der Waals surface area contributed by atoms with Gasteiger partial charge in [-0.15, -0.1) is 0 Å². The predicted octanol–water partition coefficient (Wildman–Crippen LogP) is -0.419. The molecular weight excluding hydrogens is 262 g/mol. The Morgan fingerprint density at radius 2 is 2.30 bits per heavy atom. The van der Waals surface area contributed by atoms with Crippen LogP contribution in [-0.2, 0) is 4.74 Å². The van der Waals surface area contributed by atoms with Gasteiger partial charge in [0.2, 0.25) is 0 Å². The molecule has 0 bridgehead atoms. The summed E-state index contributed by atoms with van der Waals surface area (Å²) in [6.07, 6.45) is 0.236. The van der Waals surface area contributed by atoms with E-state index in [2.05, 4.69) is 9.97 Å². The molecule has 1 fully saturated rings. The Morgan fingerprint density at radius 3 is 3.00 bits per heavy atom. The largest absolute Gasteiger partial charge is 0.394 e. The molecule has 106 valence electrons. The number of ether oxygens (including phenoxy) is 1. The van der Waals surface area contributed by atoms with Gasteiger partial charge in [0, 0.05) is 18.2 Å². The Bertz CT molecular complexity index is 700. The van der Waals surface area contributed by atoms with Crippen molar-refractivity contribution in [3.63, 3.8) is 0 Å². The lowest BCUT2D eigenvalue weighted by molar-refractivity contribution is -0.0223. The van der Waals surface area contributed by atoms with Crippen LogP contribution in [0.5, 0.6) is 0 Å². The van der Waals surface area contributed by atoms with Gasteiger partial charge in [0.05, 0.1) is 18.8 Å². The van der Waals surface area contributed by atoms with Gasteiger partial charge in [-0.1, -0.05) is 6.07 Å². The smallest absolute Gasteiger partial charge is 0.355 e. The van der Waals surface area contributed by atoms with Gasteiger partial charge >= 0.3 is 5.69 Å². The minimum Gasteiger partial charge on any atom is -0.394 e. The molecule has 0 saturated carbocycles. The molecule has 3 rings (SSSR count). The highest BCUT2D eigenvalue weighted by molar-refractivity contribution is 5.48. The molecule has 0 spiro atoms. The number of aliphatic hydroxyl groups excluding tert-OH is 2. The van der Waals surface area contributed by atoms with E-state index >= 15 is 0 Å². The lowest BCUT2D eigenvalue weighted by Gasteiger charge is -2.14. The van der Waals surface area contributed by atoms with Crippen molar-refractivity contribution in [2.45, 2.75) is 31.7 Å². The number of aromatic nitrogens is 3. The number of aryl methyl sites for hydroxylation is 1. The van der Waals surface area contributed by atoms with Crippen LogP contribution in [0.2, 0.25) is 0 Å². The molecule has 0 unspecified atom stereocenters. The zero-order valence-corrected chi connectivity index (χ0v) is 10.9. The van der Waals surface area contributed by atoms with Gasteiger partial charge in [-0.05, 0) is 13.0 Å². The zero-order valence-electron chi connectivity index (χ0n) is 10.9. The van der Waals surface area contributed by atoms with Crippen molar-refractivity contribution in [3.05, 3.63) is 40.2 Å². The average Bonchev–Trinajstić information content (AvgIpc) is 2.79. The number of hydrogen-bond acceptors (Lipinski definition) is 6. The number of hydrogen-bond donors (Lipinski definition) is 2. The van der Waals surface area contributed by atoms with Crippen molar-refractivity contribution in [1.82, 2.24) is 14.4 Å². The maximum absolute atomic E-state index is 11.8. The van der Waals surface area contributed by atoms with E-state index in [0.29, 0.717) is 23.5 Å². The quantitative estimate of drug-likeness (QED) is 0.774. The van der Waals surface area contributed by atoms with Crippen LogP contribution in [0.3, 0.4) is 0 Å². The molecule has 1 saturated heterocycles. The van der Waals surface area contributed by atoms with Crippen LogP contribution in [-0.4, -0.2) is 43.4 Å². The average molecular weight is 277 g/mol. The summed E-state index contributed by atoms with van der Waals surface area (Å²) in [6.45, 7) is 1.41. The Kier molecular flexibility index (Phi) is 3.25. The normalized spacial score (nSPS) is 26.2. The first-order valence-corrected chi connectivity index (χ1v) is 6.40. The lowest BCUT2D eigenvalue weighted by Crippen LogP contribution is -2.24. The predicted molar refractivity (Wildman–Crippen MR) is 69.3 cm³/mol. The molecule has 7 nitrogen and oxygen atoms in total. The highest BCUT2D eigenvalue weighted by Crippen LogP contribution is 2.34. The molecule has 2 aromatic rings. The minimum absolute atomic E-state index is 0.240. The lowest BCUT2D eigenvalue weighted by atomic mass is 10.1. The first-order chi connectivity index (χ1) is 9.60. The zero-order chi connectivity index (χ0) is 14.3. The fourth-order valence-electron chi connectivity index (χ4n) is 2.50. The van der Waals surface area contributed by atoms with E-state index in [1.807, 2.05) is 0 Å². The molecule has 1 aliphatic rings. The molecule has 20 heavy (non-hydrogen) atoms. The molecule has 1 aliphatic heterocycles. The molecule has 0 aliphatic carbocycles. The molecule has 3 atom stereocenters. The standard InChI is InChI=1S/C13H15N3O4/c1-7-14-12-8(3-2-4-16(12)13(19)15-7)10-5-9(18)11(6-17)20-10/h2-4,9-11,17-18H,5-6H2,1H3/t9-,10+,11+/m0/s1. The summed E-state index contributed by atoms with van der Waals surface area (Å²) in [4.78, 5) is 19.9. The maximum Gasteiger partial charge on any atom is 0.355 e. The molecule has 0 amide bonds. The number of aliphatic hydroxyl groups is 2. The topological polar surface area (TPSA) is 97.0 Å². The summed E-state index contributed by atoms with van der Waals surface area (Å²) in [7, 11) is 0. The summed E-state index contributed by atoms with van der Waals surface area (Å²) in [5, 5.41) is 19.0. The van der Waals surface area contributed by atoms with Gasteiger partial charge in [-0.25, -0.2) is 9.78 Å². The third-order valence-corrected chi connectivity index (χ3v) is 3.48. The van der Waals surface area contributed by atoms with Gasteiger partial charge in [-0.3, -0.25) is 4.40 Å². The van der Waals surface area contributed by atoms with Crippen molar-refractivity contribution in [2.24, 2.45) is 0 Å². The minimum atomic E-state index is -0.722. The van der Waals surface area contributed by atoms with Crippen molar-refractivity contribution < 1.29 is 14.9 Å². The molecule has 2 aromatic heterocycles. The Balaban J connectivity index is 2.11. The number of pyridine rings is 1. The van der Waals surface area contributed by atoms with Crippen LogP contribution in [0.4, 0.5) is 0 Å². The van der Waals surface area contributed by atoms with E-state index in [9.17, 15) is 9.90 Å². The summed E-state index contributed by atoms with van der Waals surface area (Å²) in [5.41, 5.74) is 0.789. The van der Waals surface area contributed by atoms with E-state index in [1.54, 1.807) is 25.3 Å². The van der Waals surface area contributed by atoms with E-state index < -0.39 is 24.0 Å². The van der Waals surface area contributed by atoms with Crippen molar-refractivity contribution >= 4 is 5.65 Å². The Labute approximate surface area is 114 Å². The summed E-state index contributed by atoms with van der Waals surface area (Å²) < 4.78 is 6.97. The number of rotatable bonds is 2. The fraction of sp³-hybridized carbons (Fsp3) is 0.462. The Morgan fingerprint density at radius 1 is 1.50 bits per heavy atom. The molecular formula is C13H15N3O4. The van der Waals surface area contributed by atoms with Crippen LogP contribution in [0, 0.1) is 6.92 Å². The molecule has 0 aromatic carbocycles. The summed E-state index contributed by atoms with van der Waals surface area (Å²) in [5.74, 6) is 0.389. The third kappa shape index (κ3) is 2.09. The van der Waals surface area contributed by atoms with E-state index in [1.165, 1.54) is 4.40 Å². The van der Waals surface area contributed by atoms with E-state index in [0.717, 1.165) is 0 Å². The second kappa shape index (κ2) is 4.93. The second-order valence-corrected chi connectivity index (χ2v) is 4.86. The molecule has 3 heterocycles. The highest BCUT2D eigenvalue weighted by Gasteiger charge is 2.35. The van der Waals surface area contributed by atoms with Crippen molar-refractivity contribution in [2.75, 3.05) is 6.61 Å². The number of nitrogens with zero attached hydrogens (tertiary/aromatic N) is 3. The molecule has 7 heteroatoms. The van der Waals surface area contributed by atoms with Crippen LogP contribution in [0.1, 0.15) is 23.9 Å². The monoisotopic (exact) mass is 277 g/mol. The fourth-order valence-corrected chi connectivity index (χ4v) is 2.50. The highest BCUT2D eigenvalue weighted by atomic mass is 16.5. The SMILES string of the molecule is Cc1nc(=O)n2cccc([C@H]3C[C@H](O)[C@@H](CO)O3)c2n1. The van der Waals surface area contributed by atoms with Crippen molar-refractivity contribution in [3.8, 4) is 0 Å². The summed E-state index contributed by atoms with van der Waals surface area (Å²) in [6, 6.07) is 3.52. The number of fused-ring (bicyclic) bond motifs is 1. The van der Waals surface area contributed by atoms with Gasteiger partial charge < -0.3 is 14.9 Å². The molecule has 0 radical (unpaired) electrons. The van der Waals surface area contributed by atoms with E-state index in [4.69, 9.17) is 9.84 Å². The van der Waals surface area contributed by atoms with Crippen molar-refractivity contribution in [1.29, 1.82) is 0 Å². The maximum atomic E-state index is 11.8. The van der Waals surface area contributed by atoms with Crippen LogP contribution in [0.25, 0.3) is 5.65 Å². The second-order valence-electron chi connectivity index (χ2n) is 4.86. The van der Waals surface area contributed by atoms with E-state index in [-0.39, 0.29) is 6.61 Å². The van der Waals surface area contributed by atoms with Gasteiger partial charge in [0.25, 0.3) is 0 Å². The molecule has 2 N–H and O–H groups in total. The first kappa shape index (κ1) is 13.2. The Hall–Kier alpha value is -1.83. The van der Waals surface area contributed by atoms with Crippen LogP contribution < -0.4 is 5.69 Å². The van der Waals surface area contributed by atoms with Gasteiger partial charge in [0.15, 0.2) is 0 Å². The van der Waals surface area contributed by atoms with Crippen LogP contribution >= 0.6 is 0 Å². The van der Waals surface area contributed by atoms with Crippen LogP contribution in [0.15, 0.2) is 23.1 Å².